The van der Waals surface area contributed by atoms with Gasteiger partial charge in [0.2, 0.25) is 0 Å². The second-order valence-electron chi connectivity index (χ2n) is 1.80. The van der Waals surface area contributed by atoms with E-state index in [-0.39, 0.29) is 10.9 Å². The number of ether oxygens (including phenoxy) is 2. The number of hydrogen-bond acceptors (Lipinski definition) is 4. The molecule has 0 rings (SSSR count). The molecule has 0 aromatic rings. The Bertz CT molecular complexity index is 70.1. The molecule has 2 unspecified atom stereocenters. The van der Waals surface area contributed by atoms with Crippen LogP contribution in [0.2, 0.25) is 0 Å². The Kier molecular flexibility index (Phi) is 6.73. The Morgan fingerprint density at radius 1 is 0.900 bits per heavy atom. The largest absolute Gasteiger partial charge is 0.370 e. The van der Waals surface area contributed by atoms with Gasteiger partial charge in [-0.05, 0) is 13.8 Å². The highest BCUT2D eigenvalue weighted by atomic mass is 33.1. The summed E-state index contributed by atoms with van der Waals surface area (Å²) < 4.78 is 10.1. The van der Waals surface area contributed by atoms with Crippen LogP contribution in [-0.4, -0.2) is 25.1 Å². The molecule has 0 fully saturated rings. The van der Waals surface area contributed by atoms with Crippen LogP contribution in [0.1, 0.15) is 13.8 Å². The van der Waals surface area contributed by atoms with Crippen LogP contribution in [0.3, 0.4) is 0 Å². The Labute approximate surface area is 70.4 Å². The highest BCUT2D eigenvalue weighted by molar-refractivity contribution is 8.77. The van der Waals surface area contributed by atoms with E-state index in [9.17, 15) is 0 Å². The molecule has 0 aromatic heterocycles. The number of hydrogen-bond donors (Lipinski definition) is 0. The predicted octanol–water partition coefficient (Wildman–Crippen LogP) is 2.35. The lowest BCUT2D eigenvalue weighted by molar-refractivity contribution is 0.185. The van der Waals surface area contributed by atoms with E-state index in [1.807, 2.05) is 13.8 Å². The van der Waals surface area contributed by atoms with Crippen molar-refractivity contribution in [3.63, 3.8) is 0 Å². The summed E-state index contributed by atoms with van der Waals surface area (Å²) in [6.45, 7) is 4.03. The molecule has 0 aliphatic carbocycles. The molecule has 62 valence electrons. The monoisotopic (exact) mass is 182 g/mol. The average molecular weight is 182 g/mol. The minimum absolute atomic E-state index is 0.239. The molecule has 0 radical (unpaired) electrons. The molecule has 0 spiro atoms. The van der Waals surface area contributed by atoms with Crippen molar-refractivity contribution >= 4 is 21.6 Å². The normalized spacial score (nSPS) is 16.8. The number of rotatable bonds is 5. The van der Waals surface area contributed by atoms with Crippen molar-refractivity contribution < 1.29 is 9.47 Å². The van der Waals surface area contributed by atoms with Gasteiger partial charge < -0.3 is 9.47 Å². The fraction of sp³-hybridized carbons (Fsp3) is 1.00. The molecule has 0 aliphatic heterocycles. The van der Waals surface area contributed by atoms with Crippen molar-refractivity contribution in [2.75, 3.05) is 14.2 Å². The molecule has 4 heteroatoms. The maximum absolute atomic E-state index is 5.03. The molecular formula is C6H14O2S2. The van der Waals surface area contributed by atoms with E-state index >= 15 is 0 Å². The molecule has 0 heterocycles. The van der Waals surface area contributed by atoms with Crippen molar-refractivity contribution in [1.82, 2.24) is 0 Å². The summed E-state index contributed by atoms with van der Waals surface area (Å²) in [5.74, 6) is 0. The van der Waals surface area contributed by atoms with Crippen LogP contribution in [0, 0.1) is 0 Å². The van der Waals surface area contributed by atoms with Crippen molar-refractivity contribution in [2.45, 2.75) is 24.7 Å². The standard InChI is InChI=1S/C6H14O2S2/c1-5(7-3)9-10-6(2)8-4/h5-6H,1-4H3. The first-order valence-corrected chi connectivity index (χ1v) is 5.36. The van der Waals surface area contributed by atoms with Crippen LogP contribution in [0.15, 0.2) is 0 Å². The second kappa shape index (κ2) is 6.34. The van der Waals surface area contributed by atoms with Gasteiger partial charge in [-0.1, -0.05) is 21.6 Å². The summed E-state index contributed by atoms with van der Waals surface area (Å²) >= 11 is 0. The highest BCUT2D eigenvalue weighted by Crippen LogP contribution is 2.30. The van der Waals surface area contributed by atoms with Gasteiger partial charge in [0.25, 0.3) is 0 Å². The average Bonchev–Trinajstić information content (AvgIpc) is 1.99. The van der Waals surface area contributed by atoms with Crippen molar-refractivity contribution in [3.05, 3.63) is 0 Å². The first kappa shape index (κ1) is 10.6. The first-order valence-electron chi connectivity index (χ1n) is 3.08. The van der Waals surface area contributed by atoms with Crippen LogP contribution in [0.5, 0.6) is 0 Å². The number of methoxy groups -OCH3 is 2. The minimum Gasteiger partial charge on any atom is -0.370 e. The van der Waals surface area contributed by atoms with Crippen molar-refractivity contribution in [1.29, 1.82) is 0 Å². The Morgan fingerprint density at radius 2 is 1.20 bits per heavy atom. The molecule has 0 amide bonds. The van der Waals surface area contributed by atoms with E-state index in [2.05, 4.69) is 0 Å². The van der Waals surface area contributed by atoms with E-state index in [1.165, 1.54) is 0 Å². The molecule has 2 atom stereocenters. The lowest BCUT2D eigenvalue weighted by Crippen LogP contribution is -2.00. The van der Waals surface area contributed by atoms with Crippen LogP contribution < -0.4 is 0 Å². The van der Waals surface area contributed by atoms with Gasteiger partial charge in [-0.15, -0.1) is 0 Å². The van der Waals surface area contributed by atoms with Crippen molar-refractivity contribution in [2.24, 2.45) is 0 Å². The molecule has 10 heavy (non-hydrogen) atoms. The summed E-state index contributed by atoms with van der Waals surface area (Å²) in [6, 6.07) is 0. The molecule has 0 saturated heterocycles. The molecule has 2 nitrogen and oxygen atoms in total. The second-order valence-corrected chi connectivity index (χ2v) is 4.67. The minimum atomic E-state index is 0.239. The topological polar surface area (TPSA) is 18.5 Å². The van der Waals surface area contributed by atoms with E-state index in [0.29, 0.717) is 0 Å². The summed E-state index contributed by atoms with van der Waals surface area (Å²) in [7, 11) is 6.77. The first-order chi connectivity index (χ1) is 4.70. The van der Waals surface area contributed by atoms with Gasteiger partial charge in [0.15, 0.2) is 0 Å². The fourth-order valence-corrected chi connectivity index (χ4v) is 2.12. The quantitative estimate of drug-likeness (QED) is 0.480. The van der Waals surface area contributed by atoms with Crippen LogP contribution in [-0.2, 0) is 9.47 Å². The summed E-state index contributed by atoms with van der Waals surface area (Å²) in [5, 5.41) is 0. The van der Waals surface area contributed by atoms with Crippen molar-refractivity contribution in [3.8, 4) is 0 Å². The van der Waals surface area contributed by atoms with Gasteiger partial charge in [0.1, 0.15) is 10.9 Å². The van der Waals surface area contributed by atoms with Crippen LogP contribution in [0.25, 0.3) is 0 Å². The van der Waals surface area contributed by atoms with Gasteiger partial charge in [-0.3, -0.25) is 0 Å². The Balaban J connectivity index is 3.17. The van der Waals surface area contributed by atoms with Crippen LogP contribution in [0.4, 0.5) is 0 Å². The maximum atomic E-state index is 5.03. The van der Waals surface area contributed by atoms with Gasteiger partial charge in [0, 0.05) is 14.2 Å². The van der Waals surface area contributed by atoms with Gasteiger partial charge >= 0.3 is 0 Å². The smallest absolute Gasteiger partial charge is 0.110 e. The zero-order valence-electron chi connectivity index (χ0n) is 6.79. The summed E-state index contributed by atoms with van der Waals surface area (Å²) in [6.07, 6.45) is 0. The molecule has 0 N–H and O–H groups in total. The zero-order valence-corrected chi connectivity index (χ0v) is 8.42. The van der Waals surface area contributed by atoms with Gasteiger partial charge in [-0.2, -0.15) is 0 Å². The Hall–Kier alpha value is 0.620. The molecule has 0 aliphatic rings. The highest BCUT2D eigenvalue weighted by Gasteiger charge is 2.04. The zero-order chi connectivity index (χ0) is 7.98. The third-order valence-corrected chi connectivity index (χ3v) is 3.99. The Morgan fingerprint density at radius 3 is 1.40 bits per heavy atom. The summed E-state index contributed by atoms with van der Waals surface area (Å²) in [4.78, 5) is 0. The van der Waals surface area contributed by atoms with Gasteiger partial charge in [0.05, 0.1) is 0 Å². The predicted molar refractivity (Wildman–Crippen MR) is 48.1 cm³/mol. The SMILES string of the molecule is COC(C)SSC(C)OC. The van der Waals surface area contributed by atoms with Crippen LogP contribution >= 0.6 is 21.6 Å². The van der Waals surface area contributed by atoms with Gasteiger partial charge in [-0.25, -0.2) is 0 Å². The van der Waals surface area contributed by atoms with E-state index in [0.717, 1.165) is 0 Å². The lowest BCUT2D eigenvalue weighted by Gasteiger charge is -2.11. The molecule has 0 bridgehead atoms. The van der Waals surface area contributed by atoms with E-state index < -0.39 is 0 Å². The molecule has 0 aromatic carbocycles. The molecular weight excluding hydrogens is 168 g/mol. The third kappa shape index (κ3) is 5.41. The molecule has 0 saturated carbocycles. The lowest BCUT2D eigenvalue weighted by atomic mass is 10.9. The van der Waals surface area contributed by atoms with E-state index in [1.54, 1.807) is 35.8 Å². The maximum Gasteiger partial charge on any atom is 0.110 e. The van der Waals surface area contributed by atoms with E-state index in [4.69, 9.17) is 9.47 Å². The summed E-state index contributed by atoms with van der Waals surface area (Å²) in [5.41, 5.74) is 0.477. The third-order valence-electron chi connectivity index (χ3n) is 0.990. The fourth-order valence-electron chi connectivity index (χ4n) is 0.235.